The van der Waals surface area contributed by atoms with Gasteiger partial charge in [0, 0.05) is 17.8 Å². The Kier molecular flexibility index (Phi) is 4.86. The molecule has 0 radical (unpaired) electrons. The molecule has 1 heterocycles. The lowest BCUT2D eigenvalue weighted by molar-refractivity contribution is 0.101. The maximum Gasteiger partial charge on any atom is 0.322 e. The number of nitrogens with zero attached hydrogens (tertiary/aromatic N) is 1. The highest BCUT2D eigenvalue weighted by Gasteiger charge is 2.30. The Morgan fingerprint density at radius 2 is 2.00 bits per heavy atom. The number of hydrogen-bond acceptors (Lipinski definition) is 3. The van der Waals surface area contributed by atoms with Crippen molar-refractivity contribution in [2.75, 3.05) is 18.5 Å². The second kappa shape index (κ2) is 7.07. The first-order chi connectivity index (χ1) is 12.0. The topological polar surface area (TPSA) is 69.6 Å². The molecule has 3 rings (SSSR count). The van der Waals surface area contributed by atoms with Gasteiger partial charge in [-0.25, -0.2) is 4.79 Å². The molecule has 1 aliphatic rings. The molecule has 0 fully saturated rings. The lowest BCUT2D eigenvalue weighted by Gasteiger charge is -2.36. The Hall–Kier alpha value is -2.66. The van der Waals surface area contributed by atoms with Crippen molar-refractivity contribution < 1.29 is 14.7 Å². The van der Waals surface area contributed by atoms with Crippen molar-refractivity contribution in [3.05, 3.63) is 64.7 Å². The number of aryl methyl sites for hydroxylation is 1. The molecule has 130 valence electrons. The molecule has 2 aromatic rings. The summed E-state index contributed by atoms with van der Waals surface area (Å²) in [7, 11) is 0. The average Bonchev–Trinajstić information content (AvgIpc) is 2.60. The summed E-state index contributed by atoms with van der Waals surface area (Å²) in [5.41, 5.74) is 4.29. The fourth-order valence-electron chi connectivity index (χ4n) is 3.42. The number of aliphatic hydroxyl groups excluding tert-OH is 1. The van der Waals surface area contributed by atoms with Crippen LogP contribution < -0.4 is 5.32 Å². The van der Waals surface area contributed by atoms with Gasteiger partial charge in [0.25, 0.3) is 0 Å². The molecule has 25 heavy (non-hydrogen) atoms. The van der Waals surface area contributed by atoms with Crippen molar-refractivity contribution in [3.63, 3.8) is 0 Å². The highest BCUT2D eigenvalue weighted by atomic mass is 16.3. The monoisotopic (exact) mass is 338 g/mol. The normalized spacial score (nSPS) is 16.3. The van der Waals surface area contributed by atoms with Crippen molar-refractivity contribution >= 4 is 17.5 Å². The first-order valence-electron chi connectivity index (χ1n) is 8.39. The van der Waals surface area contributed by atoms with Crippen molar-refractivity contribution in [3.8, 4) is 0 Å². The fraction of sp³-hybridized carbons (Fsp3) is 0.300. The Balaban J connectivity index is 1.79. The van der Waals surface area contributed by atoms with Crippen LogP contribution in [0.15, 0.2) is 42.5 Å². The summed E-state index contributed by atoms with van der Waals surface area (Å²) in [6.45, 7) is 3.81. The minimum atomic E-state index is -0.345. The third-order valence-electron chi connectivity index (χ3n) is 4.70. The van der Waals surface area contributed by atoms with Crippen LogP contribution in [0.1, 0.15) is 40.0 Å². The number of carbonyl (C=O) groups is 2. The van der Waals surface area contributed by atoms with Gasteiger partial charge in [-0.1, -0.05) is 24.3 Å². The Bertz CT molecular complexity index is 816. The second-order valence-corrected chi connectivity index (χ2v) is 6.36. The summed E-state index contributed by atoms with van der Waals surface area (Å²) in [5.74, 6) is 0.00311. The highest BCUT2D eigenvalue weighted by Crippen LogP contribution is 2.30. The number of nitrogens with one attached hydrogen (secondary N) is 1. The molecule has 0 saturated carbocycles. The summed E-state index contributed by atoms with van der Waals surface area (Å²) in [5, 5.41) is 12.7. The van der Waals surface area contributed by atoms with E-state index in [0.29, 0.717) is 17.8 Å². The molecule has 0 bridgehead atoms. The molecular formula is C20H22N2O3. The molecule has 2 amide bonds. The molecule has 0 aromatic heterocycles. The molecule has 5 heteroatoms. The van der Waals surface area contributed by atoms with Crippen LogP contribution >= 0.6 is 0 Å². The van der Waals surface area contributed by atoms with E-state index in [1.807, 2.05) is 31.2 Å². The highest BCUT2D eigenvalue weighted by molar-refractivity contribution is 5.97. The summed E-state index contributed by atoms with van der Waals surface area (Å²) < 4.78 is 0. The predicted octanol–water partition coefficient (Wildman–Crippen LogP) is 3.32. The standard InChI is InChI=1S/C20H22N2O3/c1-13-11-16(7-8-17(13)14(2)24)21-20(25)22-10-9-15-5-3-4-6-18(15)19(22)12-23/h3-8,11,19,23H,9-10,12H2,1-2H3,(H,21,25). The number of Topliss-reactive ketones (excluding diaryl/α,β-unsaturated/α-hetero) is 1. The van der Waals surface area contributed by atoms with E-state index in [9.17, 15) is 14.7 Å². The van der Waals surface area contributed by atoms with Crippen LogP contribution in [-0.2, 0) is 6.42 Å². The van der Waals surface area contributed by atoms with E-state index in [2.05, 4.69) is 5.32 Å². The number of urea groups is 1. The van der Waals surface area contributed by atoms with Gasteiger partial charge in [-0.3, -0.25) is 4.79 Å². The van der Waals surface area contributed by atoms with Gasteiger partial charge >= 0.3 is 6.03 Å². The summed E-state index contributed by atoms with van der Waals surface area (Å²) in [6, 6.07) is 12.6. The molecule has 1 atom stereocenters. The molecule has 0 saturated heterocycles. The van der Waals surface area contributed by atoms with Crippen molar-refractivity contribution in [1.82, 2.24) is 4.90 Å². The number of amides is 2. The molecule has 0 aliphatic carbocycles. The van der Waals surface area contributed by atoms with E-state index in [1.165, 1.54) is 12.5 Å². The van der Waals surface area contributed by atoms with Crippen LogP contribution in [0.4, 0.5) is 10.5 Å². The second-order valence-electron chi connectivity index (χ2n) is 6.36. The Morgan fingerprint density at radius 3 is 2.68 bits per heavy atom. The third kappa shape index (κ3) is 3.42. The van der Waals surface area contributed by atoms with Gasteiger partial charge in [0.2, 0.25) is 0 Å². The van der Waals surface area contributed by atoms with Crippen LogP contribution in [0.2, 0.25) is 0 Å². The van der Waals surface area contributed by atoms with E-state index in [-0.39, 0.29) is 24.5 Å². The average molecular weight is 338 g/mol. The van der Waals surface area contributed by atoms with Gasteiger partial charge in [-0.2, -0.15) is 0 Å². The first-order valence-corrected chi connectivity index (χ1v) is 8.39. The van der Waals surface area contributed by atoms with Gasteiger partial charge in [0.1, 0.15) is 0 Å². The number of carbonyl (C=O) groups excluding carboxylic acids is 2. The van der Waals surface area contributed by atoms with E-state index in [4.69, 9.17) is 0 Å². The third-order valence-corrected chi connectivity index (χ3v) is 4.70. The van der Waals surface area contributed by atoms with Gasteiger partial charge in [0.05, 0.1) is 12.6 Å². The number of hydrogen-bond donors (Lipinski definition) is 2. The van der Waals surface area contributed by atoms with Crippen molar-refractivity contribution in [1.29, 1.82) is 0 Å². The number of ketones is 1. The predicted molar refractivity (Wildman–Crippen MR) is 96.9 cm³/mol. The smallest absolute Gasteiger partial charge is 0.322 e. The largest absolute Gasteiger partial charge is 0.394 e. The Labute approximate surface area is 147 Å². The number of benzene rings is 2. The number of fused-ring (bicyclic) bond motifs is 1. The van der Waals surface area contributed by atoms with Gasteiger partial charge in [-0.15, -0.1) is 0 Å². The maximum atomic E-state index is 12.7. The lowest BCUT2D eigenvalue weighted by Crippen LogP contribution is -2.43. The van der Waals surface area contributed by atoms with Crippen LogP contribution in [-0.4, -0.2) is 35.0 Å². The van der Waals surface area contributed by atoms with Gasteiger partial charge in [0.15, 0.2) is 5.78 Å². The SMILES string of the molecule is CC(=O)c1ccc(NC(=O)N2CCc3ccccc3C2CO)cc1C. The summed E-state index contributed by atoms with van der Waals surface area (Å²) >= 11 is 0. The van der Waals surface area contributed by atoms with Crippen molar-refractivity contribution in [2.24, 2.45) is 0 Å². The van der Waals surface area contributed by atoms with Gasteiger partial charge < -0.3 is 15.3 Å². The number of anilines is 1. The van der Waals surface area contributed by atoms with Crippen LogP contribution in [0.3, 0.4) is 0 Å². The minimum absolute atomic E-state index is 0.00311. The quantitative estimate of drug-likeness (QED) is 0.844. The van der Waals surface area contributed by atoms with E-state index in [1.54, 1.807) is 23.1 Å². The van der Waals surface area contributed by atoms with E-state index < -0.39 is 0 Å². The van der Waals surface area contributed by atoms with Crippen LogP contribution in [0, 0.1) is 6.92 Å². The number of rotatable bonds is 3. The minimum Gasteiger partial charge on any atom is -0.394 e. The zero-order valence-electron chi connectivity index (χ0n) is 14.5. The fourth-order valence-corrected chi connectivity index (χ4v) is 3.42. The molecule has 0 spiro atoms. The van der Waals surface area contributed by atoms with Crippen LogP contribution in [0.25, 0.3) is 0 Å². The van der Waals surface area contributed by atoms with E-state index in [0.717, 1.165) is 17.5 Å². The molecule has 2 aromatic carbocycles. The molecule has 1 unspecified atom stereocenters. The zero-order chi connectivity index (χ0) is 18.0. The molecule has 5 nitrogen and oxygen atoms in total. The summed E-state index contributed by atoms with van der Waals surface area (Å²) in [6.07, 6.45) is 0.766. The lowest BCUT2D eigenvalue weighted by atomic mass is 9.93. The zero-order valence-corrected chi connectivity index (χ0v) is 14.5. The van der Waals surface area contributed by atoms with Crippen LogP contribution in [0.5, 0.6) is 0 Å². The maximum absolute atomic E-state index is 12.7. The van der Waals surface area contributed by atoms with E-state index >= 15 is 0 Å². The Morgan fingerprint density at radius 1 is 1.24 bits per heavy atom. The van der Waals surface area contributed by atoms with Crippen molar-refractivity contribution in [2.45, 2.75) is 26.3 Å². The first kappa shape index (κ1) is 17.2. The van der Waals surface area contributed by atoms with Gasteiger partial charge in [-0.05, 0) is 55.2 Å². The summed E-state index contributed by atoms with van der Waals surface area (Å²) in [4.78, 5) is 25.9. The number of aliphatic hydroxyl groups is 1. The molecular weight excluding hydrogens is 316 g/mol. The molecule has 2 N–H and O–H groups in total. The molecule has 1 aliphatic heterocycles.